The van der Waals surface area contributed by atoms with Gasteiger partial charge in [-0.15, -0.1) is 0 Å². The lowest BCUT2D eigenvalue weighted by molar-refractivity contribution is -0.126. The molecule has 2 aromatic carbocycles. The van der Waals surface area contributed by atoms with Crippen LogP contribution < -0.4 is 10.6 Å². The Morgan fingerprint density at radius 2 is 1.77 bits per heavy atom. The molecule has 0 unspecified atom stereocenters. The summed E-state index contributed by atoms with van der Waals surface area (Å²) in [6.45, 7) is 5.52. The molecular weight excluding hydrogens is 458 g/mol. The lowest BCUT2D eigenvalue weighted by atomic mass is 9.78. The molecule has 1 heterocycles. The maximum atomic E-state index is 13.2. The molecule has 190 valence electrons. The summed E-state index contributed by atoms with van der Waals surface area (Å²) >= 11 is 6.07. The quantitative estimate of drug-likeness (QED) is 0.358. The molecule has 5 nitrogen and oxygen atoms in total. The molecule has 1 aliphatic carbocycles. The van der Waals surface area contributed by atoms with E-state index in [0.717, 1.165) is 75.2 Å². The van der Waals surface area contributed by atoms with Gasteiger partial charge in [-0.25, -0.2) is 0 Å². The van der Waals surface area contributed by atoms with E-state index in [2.05, 4.69) is 39.8 Å². The van der Waals surface area contributed by atoms with Crippen LogP contribution in [0, 0.1) is 0 Å². The first-order chi connectivity index (χ1) is 17.0. The normalized spacial score (nSPS) is 17.8. The fraction of sp³-hybridized carbons (Fsp3) is 0.517. The molecule has 0 spiro atoms. The minimum absolute atomic E-state index is 0.195. The van der Waals surface area contributed by atoms with Crippen LogP contribution in [0.4, 0.5) is 5.69 Å². The standard InChI is InChI=1S/C27H36ClN3O.C2H4O/c1-29-25-7-4-6-22(20-25)21-12-18-31(19-13-21)17-5-16-30-26(32)27(14-2-3-15-27)23-8-10-24(28)11-9-23;1-2-3/h4,6-11,20-21,29H,2-3,5,12-19H2,1H3,(H,30,32);2H,1H3. The first kappa shape index (κ1) is 27.2. The minimum atomic E-state index is -0.370. The Balaban J connectivity index is 0.00000108. The number of halogens is 1. The van der Waals surface area contributed by atoms with Crippen molar-refractivity contribution in [3.05, 3.63) is 64.7 Å². The number of likely N-dealkylation sites (tertiary alicyclic amines) is 1. The molecule has 0 radical (unpaired) electrons. The van der Waals surface area contributed by atoms with Crippen LogP contribution in [0.3, 0.4) is 0 Å². The third-order valence-electron chi connectivity index (χ3n) is 7.46. The van der Waals surface area contributed by atoms with Crippen molar-refractivity contribution in [2.75, 3.05) is 38.5 Å². The van der Waals surface area contributed by atoms with Crippen molar-refractivity contribution in [3.63, 3.8) is 0 Å². The van der Waals surface area contributed by atoms with E-state index in [1.807, 2.05) is 31.3 Å². The van der Waals surface area contributed by atoms with E-state index in [1.54, 1.807) is 0 Å². The van der Waals surface area contributed by atoms with Crippen LogP contribution in [0.15, 0.2) is 48.5 Å². The highest BCUT2D eigenvalue weighted by molar-refractivity contribution is 6.30. The van der Waals surface area contributed by atoms with Crippen molar-refractivity contribution in [1.29, 1.82) is 0 Å². The summed E-state index contributed by atoms with van der Waals surface area (Å²) in [6, 6.07) is 16.7. The second kappa shape index (κ2) is 13.6. The molecule has 4 rings (SSSR count). The summed E-state index contributed by atoms with van der Waals surface area (Å²) in [4.78, 5) is 24.5. The van der Waals surface area contributed by atoms with Crippen LogP contribution in [0.25, 0.3) is 0 Å². The zero-order valence-corrected chi connectivity index (χ0v) is 21.9. The van der Waals surface area contributed by atoms with E-state index in [9.17, 15) is 4.79 Å². The second-order valence-corrected chi connectivity index (χ2v) is 10.1. The predicted octanol–water partition coefficient (Wildman–Crippen LogP) is 5.78. The Kier molecular flexibility index (Phi) is 10.6. The third kappa shape index (κ3) is 7.31. The number of rotatable bonds is 8. The van der Waals surface area contributed by atoms with E-state index >= 15 is 0 Å². The van der Waals surface area contributed by atoms with Gasteiger partial charge in [-0.3, -0.25) is 4.79 Å². The van der Waals surface area contributed by atoms with Crippen LogP contribution >= 0.6 is 11.6 Å². The number of hydrogen-bond acceptors (Lipinski definition) is 4. The molecular formula is C29H40ClN3O2. The van der Waals surface area contributed by atoms with Crippen LogP contribution in [0.1, 0.15) is 68.9 Å². The van der Waals surface area contributed by atoms with Gasteiger partial charge in [0.05, 0.1) is 5.41 Å². The molecule has 1 saturated carbocycles. The molecule has 1 aliphatic heterocycles. The topological polar surface area (TPSA) is 61.4 Å². The van der Waals surface area contributed by atoms with Crippen LogP contribution in [-0.2, 0) is 15.0 Å². The van der Waals surface area contributed by atoms with Gasteiger partial charge in [-0.1, -0.05) is 48.7 Å². The van der Waals surface area contributed by atoms with Gasteiger partial charge in [0.15, 0.2) is 0 Å². The first-order valence-electron chi connectivity index (χ1n) is 13.0. The van der Waals surface area contributed by atoms with E-state index in [4.69, 9.17) is 16.4 Å². The Bertz CT molecular complexity index is 933. The number of nitrogens with one attached hydrogen (secondary N) is 2. The van der Waals surface area contributed by atoms with E-state index in [-0.39, 0.29) is 11.3 Å². The Morgan fingerprint density at radius 3 is 2.40 bits per heavy atom. The van der Waals surface area contributed by atoms with Gasteiger partial charge in [0, 0.05) is 24.3 Å². The van der Waals surface area contributed by atoms with Crippen molar-refractivity contribution >= 4 is 29.5 Å². The van der Waals surface area contributed by atoms with Crippen LogP contribution in [0.5, 0.6) is 0 Å². The molecule has 0 bridgehead atoms. The molecule has 2 fully saturated rings. The number of carbonyl (C=O) groups excluding carboxylic acids is 2. The number of aldehydes is 1. The highest BCUT2D eigenvalue weighted by Gasteiger charge is 2.42. The summed E-state index contributed by atoms with van der Waals surface area (Å²) in [7, 11) is 1.98. The number of nitrogens with zero attached hydrogens (tertiary/aromatic N) is 1. The molecule has 6 heteroatoms. The van der Waals surface area contributed by atoms with E-state index in [0.29, 0.717) is 5.92 Å². The minimum Gasteiger partial charge on any atom is -0.388 e. The number of carbonyl (C=O) groups is 2. The third-order valence-corrected chi connectivity index (χ3v) is 7.71. The summed E-state index contributed by atoms with van der Waals surface area (Å²) in [5, 5.41) is 7.23. The Labute approximate surface area is 215 Å². The highest BCUT2D eigenvalue weighted by atomic mass is 35.5. The number of benzene rings is 2. The molecule has 1 saturated heterocycles. The monoisotopic (exact) mass is 497 g/mol. The highest BCUT2D eigenvalue weighted by Crippen LogP contribution is 2.41. The summed E-state index contributed by atoms with van der Waals surface area (Å²) in [6.07, 6.45) is 8.26. The van der Waals surface area contributed by atoms with Gasteiger partial charge in [0.1, 0.15) is 6.29 Å². The van der Waals surface area contributed by atoms with Gasteiger partial charge in [0.25, 0.3) is 0 Å². The maximum Gasteiger partial charge on any atom is 0.230 e. The van der Waals surface area contributed by atoms with Crippen molar-refractivity contribution in [3.8, 4) is 0 Å². The predicted molar refractivity (Wildman–Crippen MR) is 145 cm³/mol. The maximum absolute atomic E-state index is 13.2. The number of amides is 1. The molecule has 0 atom stereocenters. The van der Waals surface area contributed by atoms with Crippen molar-refractivity contribution in [2.24, 2.45) is 0 Å². The van der Waals surface area contributed by atoms with Gasteiger partial charge in [0.2, 0.25) is 5.91 Å². The van der Waals surface area contributed by atoms with Crippen molar-refractivity contribution in [2.45, 2.75) is 63.2 Å². The van der Waals surface area contributed by atoms with Gasteiger partial charge < -0.3 is 20.3 Å². The summed E-state index contributed by atoms with van der Waals surface area (Å²) < 4.78 is 0. The molecule has 2 aromatic rings. The summed E-state index contributed by atoms with van der Waals surface area (Å²) in [5.41, 5.74) is 3.39. The lowest BCUT2D eigenvalue weighted by Crippen LogP contribution is -2.43. The fourth-order valence-corrected chi connectivity index (χ4v) is 5.63. The largest absolute Gasteiger partial charge is 0.388 e. The van der Waals surface area contributed by atoms with Crippen molar-refractivity contribution < 1.29 is 9.59 Å². The van der Waals surface area contributed by atoms with Crippen LogP contribution in [-0.4, -0.2) is 50.3 Å². The SMILES string of the molecule is CC=O.CNc1cccc(C2CCN(CCCNC(=O)C3(c4ccc(Cl)cc4)CCCC3)CC2)c1. The molecule has 35 heavy (non-hydrogen) atoms. The van der Waals surface area contributed by atoms with E-state index < -0.39 is 0 Å². The van der Waals surface area contributed by atoms with E-state index in [1.165, 1.54) is 31.0 Å². The average molecular weight is 498 g/mol. The van der Waals surface area contributed by atoms with Gasteiger partial charge >= 0.3 is 0 Å². The van der Waals surface area contributed by atoms with Crippen molar-refractivity contribution in [1.82, 2.24) is 10.2 Å². The smallest absolute Gasteiger partial charge is 0.230 e. The number of hydrogen-bond donors (Lipinski definition) is 2. The Hall–Kier alpha value is -2.37. The second-order valence-electron chi connectivity index (χ2n) is 9.63. The molecule has 2 aliphatic rings. The zero-order chi connectivity index (χ0) is 25.1. The van der Waals surface area contributed by atoms with Crippen LogP contribution in [0.2, 0.25) is 5.02 Å². The molecule has 1 amide bonds. The molecule has 0 aromatic heterocycles. The molecule has 2 N–H and O–H groups in total. The van der Waals surface area contributed by atoms with Gasteiger partial charge in [-0.05, 0) is 100.0 Å². The zero-order valence-electron chi connectivity index (χ0n) is 21.2. The number of piperidine rings is 1. The number of anilines is 1. The first-order valence-corrected chi connectivity index (χ1v) is 13.3. The fourth-order valence-electron chi connectivity index (χ4n) is 5.51. The lowest BCUT2D eigenvalue weighted by Gasteiger charge is -2.32. The Morgan fingerprint density at radius 1 is 1.11 bits per heavy atom. The van der Waals surface area contributed by atoms with Gasteiger partial charge in [-0.2, -0.15) is 0 Å². The summed E-state index contributed by atoms with van der Waals surface area (Å²) in [5.74, 6) is 0.848. The average Bonchev–Trinajstić information content (AvgIpc) is 3.39.